The van der Waals surface area contributed by atoms with Crippen molar-refractivity contribution < 1.29 is 9.47 Å². The lowest BCUT2D eigenvalue weighted by Gasteiger charge is -2.09. The van der Waals surface area contributed by atoms with E-state index in [1.807, 2.05) is 36.4 Å². The molecular weight excluding hydrogens is 250 g/mol. The summed E-state index contributed by atoms with van der Waals surface area (Å²) in [7, 11) is 1.67. The quantitative estimate of drug-likeness (QED) is 0.822. The smallest absolute Gasteiger partial charge is 0.119 e. The lowest BCUT2D eigenvalue weighted by atomic mass is 10.2. The van der Waals surface area contributed by atoms with Crippen LogP contribution in [0.25, 0.3) is 0 Å². The second kappa shape index (κ2) is 7.43. The summed E-state index contributed by atoms with van der Waals surface area (Å²) in [5, 5.41) is 3.38. The van der Waals surface area contributed by atoms with Crippen LogP contribution in [0.1, 0.15) is 18.9 Å². The molecule has 0 aliphatic rings. The number of ether oxygens (including phenoxy) is 2. The highest BCUT2D eigenvalue weighted by molar-refractivity contribution is 5.46. The Balaban J connectivity index is 1.86. The zero-order chi connectivity index (χ0) is 14.2. The Morgan fingerprint density at radius 2 is 1.55 bits per heavy atom. The first-order chi connectivity index (χ1) is 9.81. The fourth-order valence-corrected chi connectivity index (χ4v) is 1.84. The Morgan fingerprint density at radius 3 is 2.15 bits per heavy atom. The first kappa shape index (κ1) is 14.3. The van der Waals surface area contributed by atoms with Gasteiger partial charge in [0.15, 0.2) is 0 Å². The van der Waals surface area contributed by atoms with Gasteiger partial charge in [0.25, 0.3) is 0 Å². The highest BCUT2D eigenvalue weighted by Crippen LogP contribution is 2.17. The van der Waals surface area contributed by atoms with Crippen LogP contribution in [-0.2, 0) is 6.54 Å². The van der Waals surface area contributed by atoms with E-state index in [4.69, 9.17) is 9.47 Å². The first-order valence-corrected chi connectivity index (χ1v) is 6.91. The SMILES string of the molecule is CCCOc1ccc(CNc2ccc(OC)cc2)cc1. The Bertz CT molecular complexity index is 506. The molecule has 0 saturated carbocycles. The van der Waals surface area contributed by atoms with Crippen molar-refractivity contribution >= 4 is 5.69 Å². The first-order valence-electron chi connectivity index (χ1n) is 6.91. The van der Waals surface area contributed by atoms with Gasteiger partial charge < -0.3 is 14.8 Å². The third-order valence-electron chi connectivity index (χ3n) is 2.98. The Labute approximate surface area is 120 Å². The Hall–Kier alpha value is -2.16. The van der Waals surface area contributed by atoms with Crippen LogP contribution in [0.3, 0.4) is 0 Å². The number of hydrogen-bond donors (Lipinski definition) is 1. The van der Waals surface area contributed by atoms with Crippen molar-refractivity contribution in [3.63, 3.8) is 0 Å². The zero-order valence-electron chi connectivity index (χ0n) is 12.1. The van der Waals surface area contributed by atoms with Gasteiger partial charge in [-0.2, -0.15) is 0 Å². The molecule has 0 spiro atoms. The minimum atomic E-state index is 0.767. The normalized spacial score (nSPS) is 10.1. The fraction of sp³-hybridized carbons (Fsp3) is 0.294. The van der Waals surface area contributed by atoms with Gasteiger partial charge in [-0.15, -0.1) is 0 Å². The summed E-state index contributed by atoms with van der Waals surface area (Å²) in [4.78, 5) is 0. The van der Waals surface area contributed by atoms with Gasteiger partial charge in [-0.1, -0.05) is 19.1 Å². The Kier molecular flexibility index (Phi) is 5.30. The van der Waals surface area contributed by atoms with Crippen molar-refractivity contribution in [2.45, 2.75) is 19.9 Å². The summed E-state index contributed by atoms with van der Waals surface area (Å²) < 4.78 is 10.7. The van der Waals surface area contributed by atoms with Crippen LogP contribution < -0.4 is 14.8 Å². The van der Waals surface area contributed by atoms with Gasteiger partial charge in [-0.05, 0) is 48.4 Å². The highest BCUT2D eigenvalue weighted by atomic mass is 16.5. The molecule has 2 rings (SSSR count). The summed E-state index contributed by atoms with van der Waals surface area (Å²) in [6.45, 7) is 3.66. The van der Waals surface area contributed by atoms with Crippen molar-refractivity contribution in [3.8, 4) is 11.5 Å². The maximum Gasteiger partial charge on any atom is 0.119 e. The van der Waals surface area contributed by atoms with Crippen molar-refractivity contribution in [1.29, 1.82) is 0 Å². The average Bonchev–Trinajstić information content (AvgIpc) is 2.52. The van der Waals surface area contributed by atoms with E-state index < -0.39 is 0 Å². The molecule has 1 N–H and O–H groups in total. The van der Waals surface area contributed by atoms with E-state index >= 15 is 0 Å². The largest absolute Gasteiger partial charge is 0.497 e. The van der Waals surface area contributed by atoms with Gasteiger partial charge in [-0.3, -0.25) is 0 Å². The van der Waals surface area contributed by atoms with Gasteiger partial charge >= 0.3 is 0 Å². The van der Waals surface area contributed by atoms with Gasteiger partial charge in [0.05, 0.1) is 13.7 Å². The van der Waals surface area contributed by atoms with E-state index in [1.54, 1.807) is 7.11 Å². The highest BCUT2D eigenvalue weighted by Gasteiger charge is 1.97. The molecule has 0 fully saturated rings. The third kappa shape index (κ3) is 4.19. The summed E-state index contributed by atoms with van der Waals surface area (Å²) in [5.74, 6) is 1.80. The predicted molar refractivity (Wildman–Crippen MR) is 82.5 cm³/mol. The zero-order valence-corrected chi connectivity index (χ0v) is 12.1. The van der Waals surface area contributed by atoms with Crippen LogP contribution >= 0.6 is 0 Å². The van der Waals surface area contributed by atoms with E-state index in [2.05, 4.69) is 24.4 Å². The second-order valence-corrected chi connectivity index (χ2v) is 4.57. The summed E-state index contributed by atoms with van der Waals surface area (Å²) in [6.07, 6.45) is 1.03. The van der Waals surface area contributed by atoms with Crippen LogP contribution in [0.5, 0.6) is 11.5 Å². The Morgan fingerprint density at radius 1 is 0.900 bits per heavy atom. The number of hydrogen-bond acceptors (Lipinski definition) is 3. The molecule has 0 unspecified atom stereocenters. The number of rotatable bonds is 7. The van der Waals surface area contributed by atoms with Crippen LogP contribution in [0.15, 0.2) is 48.5 Å². The topological polar surface area (TPSA) is 30.5 Å². The molecule has 0 saturated heterocycles. The van der Waals surface area contributed by atoms with Crippen molar-refractivity contribution in [2.24, 2.45) is 0 Å². The van der Waals surface area contributed by atoms with Gasteiger partial charge in [0.2, 0.25) is 0 Å². The molecule has 0 atom stereocenters. The number of benzene rings is 2. The summed E-state index contributed by atoms with van der Waals surface area (Å²) >= 11 is 0. The molecular formula is C17H21NO2. The molecule has 20 heavy (non-hydrogen) atoms. The summed E-state index contributed by atoms with van der Waals surface area (Å²) in [5.41, 5.74) is 2.31. The number of nitrogens with one attached hydrogen (secondary N) is 1. The predicted octanol–water partition coefficient (Wildman–Crippen LogP) is 4.10. The molecule has 0 amide bonds. The lowest BCUT2D eigenvalue weighted by molar-refractivity contribution is 0.317. The van der Waals surface area contributed by atoms with Gasteiger partial charge in [0, 0.05) is 12.2 Å². The van der Waals surface area contributed by atoms with Crippen LogP contribution in [0.2, 0.25) is 0 Å². The molecule has 2 aromatic rings. The molecule has 2 aromatic carbocycles. The van der Waals surface area contributed by atoms with Crippen molar-refractivity contribution in [2.75, 3.05) is 19.0 Å². The third-order valence-corrected chi connectivity index (χ3v) is 2.98. The number of methoxy groups -OCH3 is 1. The second-order valence-electron chi connectivity index (χ2n) is 4.57. The van der Waals surface area contributed by atoms with Gasteiger partial charge in [-0.25, -0.2) is 0 Å². The van der Waals surface area contributed by atoms with Crippen LogP contribution in [0.4, 0.5) is 5.69 Å². The molecule has 0 aliphatic heterocycles. The standard InChI is InChI=1S/C17H21NO2/c1-3-12-20-17-8-4-14(5-9-17)13-18-15-6-10-16(19-2)11-7-15/h4-11,18H,3,12-13H2,1-2H3. The molecule has 3 heteroatoms. The molecule has 0 radical (unpaired) electrons. The monoisotopic (exact) mass is 271 g/mol. The maximum absolute atomic E-state index is 5.56. The minimum absolute atomic E-state index is 0.767. The van der Waals surface area contributed by atoms with Crippen molar-refractivity contribution in [3.05, 3.63) is 54.1 Å². The minimum Gasteiger partial charge on any atom is -0.497 e. The molecule has 0 heterocycles. The fourth-order valence-electron chi connectivity index (χ4n) is 1.84. The van der Waals surface area contributed by atoms with Crippen LogP contribution in [-0.4, -0.2) is 13.7 Å². The van der Waals surface area contributed by atoms with E-state index in [-0.39, 0.29) is 0 Å². The van der Waals surface area contributed by atoms with Crippen LogP contribution in [0, 0.1) is 0 Å². The van der Waals surface area contributed by atoms with E-state index in [0.29, 0.717) is 0 Å². The average molecular weight is 271 g/mol. The summed E-state index contributed by atoms with van der Waals surface area (Å²) in [6, 6.07) is 16.1. The molecule has 106 valence electrons. The van der Waals surface area contributed by atoms with E-state index in [1.165, 1.54) is 5.56 Å². The molecule has 0 bridgehead atoms. The molecule has 3 nitrogen and oxygen atoms in total. The molecule has 0 aliphatic carbocycles. The van der Waals surface area contributed by atoms with Gasteiger partial charge in [0.1, 0.15) is 11.5 Å². The van der Waals surface area contributed by atoms with Crippen molar-refractivity contribution in [1.82, 2.24) is 0 Å². The number of anilines is 1. The molecule has 0 aromatic heterocycles. The lowest BCUT2D eigenvalue weighted by Crippen LogP contribution is -2.00. The van der Waals surface area contributed by atoms with E-state index in [9.17, 15) is 0 Å². The maximum atomic E-state index is 5.56. The van der Waals surface area contributed by atoms with E-state index in [0.717, 1.165) is 36.8 Å².